The highest BCUT2D eigenvalue weighted by Crippen LogP contribution is 2.44. The number of alkyl halides is 3. The number of rotatable bonds is 1. The van der Waals surface area contributed by atoms with E-state index < -0.39 is 11.7 Å². The molecule has 132 valence electrons. The van der Waals surface area contributed by atoms with Crippen molar-refractivity contribution < 1.29 is 18.0 Å². The van der Waals surface area contributed by atoms with Crippen molar-refractivity contribution in [1.82, 2.24) is 0 Å². The fraction of sp³-hybridized carbons (Fsp3) is 0.150. The van der Waals surface area contributed by atoms with E-state index in [0.29, 0.717) is 5.56 Å². The summed E-state index contributed by atoms with van der Waals surface area (Å²) in [6.45, 7) is 0. The Balaban J connectivity index is 1.86. The van der Waals surface area contributed by atoms with Crippen molar-refractivity contribution in [3.63, 3.8) is 0 Å². The topological polar surface area (TPSA) is 29.1 Å². The molecule has 1 heterocycles. The molecule has 0 bridgehead atoms. The van der Waals surface area contributed by atoms with E-state index in [1.165, 1.54) is 12.1 Å². The Labute approximate surface area is 156 Å². The fourth-order valence-electron chi connectivity index (χ4n) is 3.45. The SMILES string of the molecule is O=C1C[C@@H](c2ccc(C(F)(F)F)cc2)c2cc(Br)c3ccccc3c2N1. The molecular weight excluding hydrogens is 407 g/mol. The van der Waals surface area contributed by atoms with Crippen molar-refractivity contribution in [2.24, 2.45) is 0 Å². The van der Waals surface area contributed by atoms with Gasteiger partial charge in [-0.3, -0.25) is 4.79 Å². The molecule has 1 N–H and O–H groups in total. The van der Waals surface area contributed by atoms with E-state index in [4.69, 9.17) is 0 Å². The van der Waals surface area contributed by atoms with Gasteiger partial charge in [0.2, 0.25) is 5.91 Å². The van der Waals surface area contributed by atoms with Crippen LogP contribution in [0.2, 0.25) is 0 Å². The molecule has 26 heavy (non-hydrogen) atoms. The summed E-state index contributed by atoms with van der Waals surface area (Å²) in [7, 11) is 0. The van der Waals surface area contributed by atoms with Crippen LogP contribution in [0.15, 0.2) is 59.1 Å². The molecule has 0 saturated heterocycles. The third-order valence-corrected chi connectivity index (χ3v) is 5.35. The number of anilines is 1. The van der Waals surface area contributed by atoms with Gasteiger partial charge in [-0.1, -0.05) is 52.3 Å². The lowest BCUT2D eigenvalue weighted by Gasteiger charge is -2.28. The zero-order chi connectivity index (χ0) is 18.5. The standard InChI is InChI=1S/C20H13BrF3NO/c21-17-9-16-15(11-5-7-12(8-6-11)20(22,23)24)10-18(26)25-19(16)14-4-2-1-3-13(14)17/h1-9,15H,10H2,(H,25,26)/t15-/m0/s1. The molecule has 0 spiro atoms. The highest BCUT2D eigenvalue weighted by Gasteiger charge is 2.32. The first-order valence-corrected chi connectivity index (χ1v) is 8.82. The second-order valence-electron chi connectivity index (χ2n) is 6.29. The van der Waals surface area contributed by atoms with Crippen LogP contribution < -0.4 is 5.32 Å². The fourth-order valence-corrected chi connectivity index (χ4v) is 4.05. The summed E-state index contributed by atoms with van der Waals surface area (Å²) in [5.41, 5.74) is 1.62. The molecule has 6 heteroatoms. The zero-order valence-corrected chi connectivity index (χ0v) is 15.0. The highest BCUT2D eigenvalue weighted by atomic mass is 79.9. The van der Waals surface area contributed by atoms with Gasteiger partial charge in [0.1, 0.15) is 0 Å². The van der Waals surface area contributed by atoms with Crippen LogP contribution in [-0.2, 0) is 11.0 Å². The molecule has 4 rings (SSSR count). The number of fused-ring (bicyclic) bond motifs is 3. The van der Waals surface area contributed by atoms with E-state index >= 15 is 0 Å². The molecule has 0 fully saturated rings. The summed E-state index contributed by atoms with van der Waals surface area (Å²) in [6, 6.07) is 14.7. The number of benzene rings is 3. The molecule has 1 amide bonds. The van der Waals surface area contributed by atoms with E-state index in [2.05, 4.69) is 21.2 Å². The van der Waals surface area contributed by atoms with Crippen molar-refractivity contribution in [3.8, 4) is 0 Å². The van der Waals surface area contributed by atoms with Gasteiger partial charge in [0.25, 0.3) is 0 Å². The molecule has 3 aromatic rings. The molecule has 1 atom stereocenters. The molecular formula is C20H13BrF3NO. The second kappa shape index (κ2) is 6.13. The summed E-state index contributed by atoms with van der Waals surface area (Å²) in [4.78, 5) is 12.3. The normalized spacial score (nSPS) is 17.1. The monoisotopic (exact) mass is 419 g/mol. The van der Waals surface area contributed by atoms with Crippen molar-refractivity contribution in [2.75, 3.05) is 5.32 Å². The lowest BCUT2D eigenvalue weighted by atomic mass is 9.83. The van der Waals surface area contributed by atoms with Crippen molar-refractivity contribution in [3.05, 3.63) is 75.8 Å². The molecule has 0 aliphatic carbocycles. The number of hydrogen-bond donors (Lipinski definition) is 1. The van der Waals surface area contributed by atoms with Gasteiger partial charge in [0.05, 0.1) is 11.3 Å². The maximum Gasteiger partial charge on any atom is 0.416 e. The van der Waals surface area contributed by atoms with Gasteiger partial charge >= 0.3 is 6.18 Å². The molecule has 1 aliphatic heterocycles. The molecule has 0 saturated carbocycles. The molecule has 0 aromatic heterocycles. The Morgan fingerprint density at radius 2 is 1.65 bits per heavy atom. The first-order valence-electron chi connectivity index (χ1n) is 8.03. The second-order valence-corrected chi connectivity index (χ2v) is 7.15. The molecule has 2 nitrogen and oxygen atoms in total. The smallest absolute Gasteiger partial charge is 0.325 e. The average Bonchev–Trinajstić information content (AvgIpc) is 2.62. The van der Waals surface area contributed by atoms with Crippen LogP contribution in [0.3, 0.4) is 0 Å². The summed E-state index contributed by atoms with van der Waals surface area (Å²) < 4.78 is 39.3. The van der Waals surface area contributed by atoms with Gasteiger partial charge in [-0.25, -0.2) is 0 Å². The van der Waals surface area contributed by atoms with Crippen LogP contribution in [0, 0.1) is 0 Å². The summed E-state index contributed by atoms with van der Waals surface area (Å²) in [5.74, 6) is -0.434. The number of amides is 1. The van der Waals surface area contributed by atoms with Crippen molar-refractivity contribution in [1.29, 1.82) is 0 Å². The van der Waals surface area contributed by atoms with Gasteiger partial charge in [0.15, 0.2) is 0 Å². The first-order chi connectivity index (χ1) is 12.3. The van der Waals surface area contributed by atoms with E-state index in [1.54, 1.807) is 0 Å². The molecule has 1 aliphatic rings. The zero-order valence-electron chi connectivity index (χ0n) is 13.4. The van der Waals surface area contributed by atoms with Crippen LogP contribution >= 0.6 is 15.9 Å². The third-order valence-electron chi connectivity index (χ3n) is 4.69. The number of carbonyl (C=O) groups excluding carboxylic acids is 1. The molecule has 0 radical (unpaired) electrons. The Morgan fingerprint density at radius 1 is 1.00 bits per heavy atom. The van der Waals surface area contributed by atoms with Crippen LogP contribution in [0.5, 0.6) is 0 Å². The maximum atomic E-state index is 12.8. The average molecular weight is 420 g/mol. The van der Waals surface area contributed by atoms with Gasteiger partial charge in [0, 0.05) is 22.2 Å². The molecule has 3 aromatic carbocycles. The Hall–Kier alpha value is -2.34. The number of hydrogen-bond acceptors (Lipinski definition) is 1. The Bertz CT molecular complexity index is 1010. The predicted molar refractivity (Wildman–Crippen MR) is 98.2 cm³/mol. The first kappa shape index (κ1) is 17.1. The predicted octanol–water partition coefficient (Wildman–Crippen LogP) is 6.10. The van der Waals surface area contributed by atoms with E-state index in [0.717, 1.165) is 38.6 Å². The van der Waals surface area contributed by atoms with Crippen LogP contribution in [0.1, 0.15) is 29.0 Å². The summed E-state index contributed by atoms with van der Waals surface area (Å²) >= 11 is 3.57. The van der Waals surface area contributed by atoms with Crippen LogP contribution in [0.4, 0.5) is 18.9 Å². The minimum Gasteiger partial charge on any atom is -0.325 e. The van der Waals surface area contributed by atoms with E-state index in [-0.39, 0.29) is 18.2 Å². The van der Waals surface area contributed by atoms with Crippen LogP contribution in [0.25, 0.3) is 10.8 Å². The maximum absolute atomic E-state index is 12.8. The van der Waals surface area contributed by atoms with Gasteiger partial charge < -0.3 is 5.32 Å². The highest BCUT2D eigenvalue weighted by molar-refractivity contribution is 9.10. The number of nitrogens with one attached hydrogen (secondary N) is 1. The Kier molecular flexibility index (Phi) is 4.03. The lowest BCUT2D eigenvalue weighted by molar-refractivity contribution is -0.137. The lowest BCUT2D eigenvalue weighted by Crippen LogP contribution is -2.24. The number of halogens is 4. The van der Waals surface area contributed by atoms with Crippen LogP contribution in [-0.4, -0.2) is 5.91 Å². The van der Waals surface area contributed by atoms with Gasteiger partial charge in [-0.05, 0) is 34.7 Å². The van der Waals surface area contributed by atoms with Crippen molar-refractivity contribution >= 4 is 38.3 Å². The summed E-state index contributed by atoms with van der Waals surface area (Å²) in [6.07, 6.45) is -4.18. The van der Waals surface area contributed by atoms with Crippen molar-refractivity contribution in [2.45, 2.75) is 18.5 Å². The van der Waals surface area contributed by atoms with Gasteiger partial charge in [-0.2, -0.15) is 13.2 Å². The number of carbonyl (C=O) groups is 1. The van der Waals surface area contributed by atoms with E-state index in [1.807, 2.05) is 30.3 Å². The quantitative estimate of drug-likeness (QED) is 0.507. The van der Waals surface area contributed by atoms with E-state index in [9.17, 15) is 18.0 Å². The minimum atomic E-state index is -4.38. The van der Waals surface area contributed by atoms with Gasteiger partial charge in [-0.15, -0.1) is 0 Å². The molecule has 0 unspecified atom stereocenters. The minimum absolute atomic E-state index is 0.144. The third kappa shape index (κ3) is 2.88. The summed E-state index contributed by atoms with van der Waals surface area (Å²) in [5, 5.41) is 4.80. The Morgan fingerprint density at radius 3 is 2.31 bits per heavy atom. The largest absolute Gasteiger partial charge is 0.416 e.